The quantitative estimate of drug-likeness (QED) is 0.289. The third kappa shape index (κ3) is 7.03. The zero-order valence-electron chi connectivity index (χ0n) is 11.6. The number of esters is 1. The van der Waals surface area contributed by atoms with Gasteiger partial charge in [-0.05, 0) is 18.2 Å². The van der Waals surface area contributed by atoms with Crippen LogP contribution < -0.4 is 5.14 Å². The average molecular weight is 385 g/mol. The predicted octanol–water partition coefficient (Wildman–Crippen LogP) is 1.09. The monoisotopic (exact) mass is 384 g/mol. The summed E-state index contributed by atoms with van der Waals surface area (Å²) in [7, 11) is -4.04. The third-order valence-electron chi connectivity index (χ3n) is 2.36. The van der Waals surface area contributed by atoms with Crippen molar-refractivity contribution in [2.24, 2.45) is 5.14 Å². The van der Waals surface area contributed by atoms with E-state index in [2.05, 4.69) is 4.84 Å². The highest BCUT2D eigenvalue weighted by Crippen LogP contribution is 2.21. The van der Waals surface area contributed by atoms with Crippen molar-refractivity contribution >= 4 is 39.4 Å². The van der Waals surface area contributed by atoms with E-state index in [1.807, 2.05) is 0 Å². The zero-order valence-corrected chi connectivity index (χ0v) is 14.0. The summed E-state index contributed by atoms with van der Waals surface area (Å²) in [5.41, 5.74) is 0.000102. The fourth-order valence-corrected chi connectivity index (χ4v) is 3.07. The number of ether oxygens (including phenoxy) is 1. The molecule has 0 aliphatic heterocycles. The minimum Gasteiger partial charge on any atom is -0.461 e. The number of thioether (sulfide) groups is 1. The predicted molar refractivity (Wildman–Crippen MR) is 83.4 cm³/mol. The van der Waals surface area contributed by atoms with Crippen molar-refractivity contribution in [3.63, 3.8) is 0 Å². The van der Waals surface area contributed by atoms with Crippen LogP contribution >= 0.6 is 23.4 Å². The lowest BCUT2D eigenvalue weighted by Crippen LogP contribution is -2.15. The number of primary sulfonamides is 1. The van der Waals surface area contributed by atoms with Gasteiger partial charge in [0.2, 0.25) is 10.0 Å². The molecule has 12 heteroatoms. The highest BCUT2D eigenvalue weighted by molar-refractivity contribution is 7.99. The maximum absolute atomic E-state index is 11.8. The maximum Gasteiger partial charge on any atom is 0.338 e. The first-order valence-electron chi connectivity index (χ1n) is 6.06. The molecule has 23 heavy (non-hydrogen) atoms. The molecule has 0 aromatic heterocycles. The van der Waals surface area contributed by atoms with Crippen LogP contribution in [-0.4, -0.2) is 44.2 Å². The Morgan fingerprint density at radius 1 is 1.35 bits per heavy atom. The topological polar surface area (TPSA) is 139 Å². The lowest BCUT2D eigenvalue weighted by Gasteiger charge is -2.07. The van der Waals surface area contributed by atoms with Gasteiger partial charge < -0.3 is 9.57 Å². The van der Waals surface area contributed by atoms with Crippen LogP contribution in [0.5, 0.6) is 0 Å². The van der Waals surface area contributed by atoms with Crippen molar-refractivity contribution in [1.29, 1.82) is 0 Å². The average Bonchev–Trinajstić information content (AvgIpc) is 2.45. The summed E-state index contributed by atoms with van der Waals surface area (Å²) in [5.74, 6) is 0.0472. The Kier molecular flexibility index (Phi) is 7.55. The first kappa shape index (κ1) is 19.5. The Labute approximate surface area is 141 Å². The van der Waals surface area contributed by atoms with E-state index >= 15 is 0 Å². The third-order valence-corrected chi connectivity index (χ3v) is 4.66. The van der Waals surface area contributed by atoms with E-state index in [1.165, 1.54) is 23.9 Å². The second kappa shape index (κ2) is 8.91. The molecule has 1 aromatic rings. The Hall–Kier alpha value is -1.56. The Morgan fingerprint density at radius 2 is 2.00 bits per heavy atom. The molecule has 1 rings (SSSR count). The summed E-state index contributed by atoms with van der Waals surface area (Å²) in [6, 6.07) is 3.59. The van der Waals surface area contributed by atoms with Gasteiger partial charge in [0.15, 0.2) is 0 Å². The highest BCUT2D eigenvalue weighted by Gasteiger charge is 2.17. The smallest absolute Gasteiger partial charge is 0.338 e. The van der Waals surface area contributed by atoms with Crippen LogP contribution in [0.25, 0.3) is 0 Å². The number of sulfonamides is 1. The van der Waals surface area contributed by atoms with Crippen LogP contribution in [0.1, 0.15) is 10.4 Å². The first-order valence-corrected chi connectivity index (χ1v) is 9.14. The molecule has 0 atom stereocenters. The van der Waals surface area contributed by atoms with Gasteiger partial charge in [-0.1, -0.05) is 11.6 Å². The van der Waals surface area contributed by atoms with E-state index in [9.17, 15) is 23.3 Å². The van der Waals surface area contributed by atoms with Crippen LogP contribution in [0.15, 0.2) is 23.1 Å². The molecule has 9 nitrogen and oxygen atoms in total. The van der Waals surface area contributed by atoms with Gasteiger partial charge in [0.05, 0.1) is 10.6 Å². The number of hydrogen-bond acceptors (Lipinski definition) is 8. The van der Waals surface area contributed by atoms with Crippen molar-refractivity contribution < 1.29 is 27.9 Å². The number of halogens is 1. The van der Waals surface area contributed by atoms with Crippen LogP contribution in [-0.2, 0) is 19.6 Å². The minimum absolute atomic E-state index is 0.000102. The molecule has 0 fully saturated rings. The Bertz CT molecular complexity index is 681. The number of carbonyl (C=O) groups is 1. The molecule has 0 aliphatic carbocycles. The van der Waals surface area contributed by atoms with Crippen LogP contribution in [0, 0.1) is 10.1 Å². The molecule has 1 aromatic carbocycles. The number of rotatable bonds is 9. The number of carbonyl (C=O) groups excluding carboxylic acids is 1. The van der Waals surface area contributed by atoms with Crippen LogP contribution in [0.3, 0.4) is 0 Å². The largest absolute Gasteiger partial charge is 0.461 e. The van der Waals surface area contributed by atoms with Crippen LogP contribution in [0.4, 0.5) is 0 Å². The number of benzene rings is 1. The molecule has 0 spiro atoms. The molecule has 0 amide bonds. The molecule has 0 radical (unpaired) electrons. The van der Waals surface area contributed by atoms with Crippen molar-refractivity contribution in [2.75, 3.05) is 24.7 Å². The molecule has 128 valence electrons. The summed E-state index contributed by atoms with van der Waals surface area (Å²) in [6.07, 6.45) is 0. The zero-order chi connectivity index (χ0) is 17.5. The second-order valence-corrected chi connectivity index (χ2v) is 7.16. The van der Waals surface area contributed by atoms with Crippen molar-refractivity contribution in [3.8, 4) is 0 Å². The van der Waals surface area contributed by atoms with Crippen molar-refractivity contribution in [1.82, 2.24) is 0 Å². The second-order valence-electron chi connectivity index (χ2n) is 4.00. The van der Waals surface area contributed by atoms with Crippen molar-refractivity contribution in [2.45, 2.75) is 4.90 Å². The van der Waals surface area contributed by atoms with Crippen molar-refractivity contribution in [3.05, 3.63) is 38.9 Å². The van der Waals surface area contributed by atoms with Crippen LogP contribution in [0.2, 0.25) is 5.02 Å². The molecule has 0 saturated heterocycles. The lowest BCUT2D eigenvalue weighted by molar-refractivity contribution is -0.756. The van der Waals surface area contributed by atoms with E-state index in [1.54, 1.807) is 0 Å². The van der Waals surface area contributed by atoms with E-state index in [4.69, 9.17) is 21.5 Å². The highest BCUT2D eigenvalue weighted by atomic mass is 35.5. The van der Waals surface area contributed by atoms with E-state index < -0.39 is 21.1 Å². The number of nitrogens with two attached hydrogens (primary N) is 1. The fourth-order valence-electron chi connectivity index (χ4n) is 1.40. The number of nitrogens with zero attached hydrogens (tertiary/aromatic N) is 1. The van der Waals surface area contributed by atoms with Gasteiger partial charge in [0.25, 0.3) is 5.09 Å². The van der Waals surface area contributed by atoms with E-state index in [-0.39, 0.29) is 28.7 Å². The van der Waals surface area contributed by atoms with Gasteiger partial charge in [0, 0.05) is 11.5 Å². The summed E-state index contributed by atoms with van der Waals surface area (Å²) >= 11 is 7.01. The normalized spacial score (nSPS) is 11.0. The summed E-state index contributed by atoms with van der Waals surface area (Å²) in [6.45, 7) is -0.00415. The van der Waals surface area contributed by atoms with Gasteiger partial charge >= 0.3 is 5.97 Å². The van der Waals surface area contributed by atoms with Gasteiger partial charge in [-0.3, -0.25) is 0 Å². The molecular formula is C11H13ClN2O7S2. The van der Waals surface area contributed by atoms with E-state index in [0.717, 1.165) is 6.07 Å². The molecule has 0 bridgehead atoms. The summed E-state index contributed by atoms with van der Waals surface area (Å²) in [5, 5.41) is 13.9. The van der Waals surface area contributed by atoms with E-state index in [0.29, 0.717) is 11.5 Å². The Balaban J connectivity index is 2.45. The summed E-state index contributed by atoms with van der Waals surface area (Å²) in [4.78, 5) is 25.4. The Morgan fingerprint density at radius 3 is 2.61 bits per heavy atom. The SMILES string of the molecule is NS(=O)(=O)c1cc(C(=O)OCCSCCO[N+](=O)[O-])ccc1Cl. The molecule has 0 aliphatic rings. The molecule has 0 heterocycles. The molecule has 0 saturated carbocycles. The standard InChI is InChI=1S/C11H13ClN2O7S2/c12-9-2-1-8(7-10(9)23(13,18)19)11(15)20-3-5-22-6-4-21-14(16)17/h1-2,7H,3-6H2,(H2,13,18,19). The van der Waals surface area contributed by atoms with Gasteiger partial charge in [-0.25, -0.2) is 18.4 Å². The van der Waals surface area contributed by atoms with Gasteiger partial charge in [-0.15, -0.1) is 10.1 Å². The number of hydrogen-bond donors (Lipinski definition) is 1. The molecule has 2 N–H and O–H groups in total. The fraction of sp³-hybridized carbons (Fsp3) is 0.364. The lowest BCUT2D eigenvalue weighted by atomic mass is 10.2. The maximum atomic E-state index is 11.8. The molecular weight excluding hydrogens is 372 g/mol. The van der Waals surface area contributed by atoms with Gasteiger partial charge in [-0.2, -0.15) is 11.8 Å². The minimum atomic E-state index is -4.04. The summed E-state index contributed by atoms with van der Waals surface area (Å²) < 4.78 is 27.6. The molecule has 0 unspecified atom stereocenters. The first-order chi connectivity index (χ1) is 10.7. The van der Waals surface area contributed by atoms with Gasteiger partial charge in [0.1, 0.15) is 18.1 Å².